The zero-order valence-corrected chi connectivity index (χ0v) is 16.8. The van der Waals surface area contributed by atoms with Gasteiger partial charge in [-0.3, -0.25) is 4.79 Å². The summed E-state index contributed by atoms with van der Waals surface area (Å²) in [6.07, 6.45) is -7.71. The molecule has 0 heterocycles. The van der Waals surface area contributed by atoms with E-state index in [0.717, 1.165) is 35.8 Å². The molecule has 0 spiro atoms. The molecule has 0 bridgehead atoms. The molecule has 2 aromatic rings. The Balaban J connectivity index is 1.78. The average molecular weight is 458 g/mol. The van der Waals surface area contributed by atoms with Crippen molar-refractivity contribution < 1.29 is 41.0 Å². The summed E-state index contributed by atoms with van der Waals surface area (Å²) in [5, 5.41) is 8.74. The Bertz CT molecular complexity index is 1000. The molecule has 0 radical (unpaired) electrons. The molecular formula is C23H20F6O3. The van der Waals surface area contributed by atoms with Gasteiger partial charge in [0.2, 0.25) is 0 Å². The number of carboxylic acids is 1. The van der Waals surface area contributed by atoms with Gasteiger partial charge in [-0.05, 0) is 72.2 Å². The summed E-state index contributed by atoms with van der Waals surface area (Å²) in [7, 11) is 0. The first-order chi connectivity index (χ1) is 14.9. The number of alkyl halides is 6. The quantitative estimate of drug-likeness (QED) is 0.467. The highest BCUT2D eigenvalue weighted by Crippen LogP contribution is 2.38. The number of carboxylic acid groups (broad SMARTS) is 1. The van der Waals surface area contributed by atoms with E-state index in [9.17, 15) is 31.1 Å². The van der Waals surface area contributed by atoms with Crippen LogP contribution in [0, 0.1) is 0 Å². The molecule has 3 rings (SSSR count). The van der Waals surface area contributed by atoms with Gasteiger partial charge in [0.15, 0.2) is 0 Å². The van der Waals surface area contributed by atoms with Gasteiger partial charge in [-0.25, -0.2) is 0 Å². The second-order valence-electron chi connectivity index (χ2n) is 7.51. The van der Waals surface area contributed by atoms with Gasteiger partial charge in [-0.1, -0.05) is 18.2 Å². The van der Waals surface area contributed by atoms with Gasteiger partial charge in [0.25, 0.3) is 0 Å². The Morgan fingerprint density at radius 1 is 0.938 bits per heavy atom. The second-order valence-corrected chi connectivity index (χ2v) is 7.51. The van der Waals surface area contributed by atoms with Crippen molar-refractivity contribution in [2.24, 2.45) is 0 Å². The molecule has 0 amide bonds. The first-order valence-corrected chi connectivity index (χ1v) is 9.88. The molecule has 1 N–H and O–H groups in total. The van der Waals surface area contributed by atoms with Gasteiger partial charge >= 0.3 is 18.3 Å². The highest BCUT2D eigenvalue weighted by Gasteiger charge is 2.34. The van der Waals surface area contributed by atoms with Crippen LogP contribution in [0.1, 0.15) is 47.9 Å². The van der Waals surface area contributed by atoms with E-state index in [2.05, 4.69) is 0 Å². The third-order valence-corrected chi connectivity index (χ3v) is 5.30. The van der Waals surface area contributed by atoms with Gasteiger partial charge in [-0.2, -0.15) is 26.3 Å². The van der Waals surface area contributed by atoms with Crippen molar-refractivity contribution >= 4 is 11.5 Å². The van der Waals surface area contributed by atoms with E-state index < -0.39 is 35.9 Å². The molecule has 0 aromatic heterocycles. The van der Waals surface area contributed by atoms with Crippen molar-refractivity contribution in [3.63, 3.8) is 0 Å². The van der Waals surface area contributed by atoms with Gasteiger partial charge in [0.1, 0.15) is 12.4 Å². The highest BCUT2D eigenvalue weighted by molar-refractivity contribution is 5.71. The van der Waals surface area contributed by atoms with Crippen LogP contribution in [0.5, 0.6) is 5.75 Å². The van der Waals surface area contributed by atoms with Crippen LogP contribution in [0.3, 0.4) is 0 Å². The summed E-state index contributed by atoms with van der Waals surface area (Å²) in [5.74, 6) is -1.20. The van der Waals surface area contributed by atoms with Crippen molar-refractivity contribution in [3.05, 3.63) is 70.3 Å². The number of allylic oxidation sites excluding steroid dienone is 1. The zero-order chi connectivity index (χ0) is 23.5. The molecule has 0 atom stereocenters. The lowest BCUT2D eigenvalue weighted by Gasteiger charge is -2.16. The summed E-state index contributed by atoms with van der Waals surface area (Å²) in [6, 6.07) is 8.21. The standard InChI is InChI=1S/C23H20F6O3/c24-22(25,26)17-8-4-14(5-9-17)19-3-1-2-16(19)13-32-18-10-6-15(7-11-21(30)31)20(12-18)23(27,28)29/h4-6,8-10,12H,1-3,7,11,13H2,(H,30,31). The van der Waals surface area contributed by atoms with Gasteiger partial charge in [0.05, 0.1) is 11.1 Å². The minimum atomic E-state index is -4.66. The Morgan fingerprint density at radius 3 is 2.22 bits per heavy atom. The van der Waals surface area contributed by atoms with Crippen LogP contribution in [0.2, 0.25) is 0 Å². The fourth-order valence-corrected chi connectivity index (χ4v) is 3.71. The summed E-state index contributed by atoms with van der Waals surface area (Å²) in [5.41, 5.74) is 0.480. The molecule has 0 unspecified atom stereocenters. The van der Waals surface area contributed by atoms with E-state index in [1.807, 2.05) is 0 Å². The normalized spacial score (nSPS) is 14.7. The molecule has 0 fully saturated rings. The third-order valence-electron chi connectivity index (χ3n) is 5.30. The van der Waals surface area contributed by atoms with Crippen LogP contribution in [0.25, 0.3) is 5.57 Å². The number of hydrogen-bond acceptors (Lipinski definition) is 2. The monoisotopic (exact) mass is 458 g/mol. The first-order valence-electron chi connectivity index (χ1n) is 9.88. The van der Waals surface area contributed by atoms with Crippen LogP contribution in [0.4, 0.5) is 26.3 Å². The van der Waals surface area contributed by atoms with E-state index in [1.54, 1.807) is 0 Å². The summed E-state index contributed by atoms with van der Waals surface area (Å²) in [6.45, 7) is 0.0160. The lowest BCUT2D eigenvalue weighted by Crippen LogP contribution is -2.11. The number of aryl methyl sites for hydroxylation is 1. The maximum absolute atomic E-state index is 13.4. The second kappa shape index (κ2) is 9.26. The maximum atomic E-state index is 13.4. The van der Waals surface area contributed by atoms with Crippen molar-refractivity contribution in [1.82, 2.24) is 0 Å². The molecule has 0 saturated heterocycles. The number of carbonyl (C=O) groups is 1. The van der Waals surface area contributed by atoms with Crippen LogP contribution >= 0.6 is 0 Å². The largest absolute Gasteiger partial charge is 0.489 e. The van der Waals surface area contributed by atoms with E-state index in [-0.39, 0.29) is 24.3 Å². The van der Waals surface area contributed by atoms with E-state index in [4.69, 9.17) is 9.84 Å². The molecule has 32 heavy (non-hydrogen) atoms. The Labute approximate surface area is 180 Å². The maximum Gasteiger partial charge on any atom is 0.416 e. The number of aliphatic carboxylic acids is 1. The predicted octanol–water partition coefficient (Wildman–Crippen LogP) is 6.76. The van der Waals surface area contributed by atoms with E-state index in [1.165, 1.54) is 24.3 Å². The topological polar surface area (TPSA) is 46.5 Å². The Hall–Kier alpha value is -2.97. The SMILES string of the molecule is O=C(O)CCc1ccc(OCC2=C(c3ccc(C(F)(F)F)cc3)CCC2)cc1C(F)(F)F. The number of benzene rings is 2. The number of halogens is 6. The molecule has 3 nitrogen and oxygen atoms in total. The van der Waals surface area contributed by atoms with Crippen molar-refractivity contribution in [2.75, 3.05) is 6.61 Å². The number of hydrogen-bond donors (Lipinski definition) is 1. The molecule has 0 saturated carbocycles. The minimum absolute atomic E-state index is 0.0115. The summed E-state index contributed by atoms with van der Waals surface area (Å²) >= 11 is 0. The molecule has 172 valence electrons. The van der Waals surface area contributed by atoms with Crippen molar-refractivity contribution in [3.8, 4) is 5.75 Å². The van der Waals surface area contributed by atoms with Crippen LogP contribution in [0.15, 0.2) is 48.0 Å². The Morgan fingerprint density at radius 2 is 1.62 bits per heavy atom. The fraction of sp³-hybridized carbons (Fsp3) is 0.348. The molecular weight excluding hydrogens is 438 g/mol. The number of rotatable bonds is 7. The fourth-order valence-electron chi connectivity index (χ4n) is 3.71. The zero-order valence-electron chi connectivity index (χ0n) is 16.8. The van der Waals surface area contributed by atoms with Gasteiger partial charge in [-0.15, -0.1) is 0 Å². The molecule has 2 aromatic carbocycles. The number of ether oxygens (including phenoxy) is 1. The smallest absolute Gasteiger partial charge is 0.416 e. The van der Waals surface area contributed by atoms with Crippen LogP contribution in [-0.4, -0.2) is 17.7 Å². The third kappa shape index (κ3) is 5.83. The predicted molar refractivity (Wildman–Crippen MR) is 105 cm³/mol. The van der Waals surface area contributed by atoms with Gasteiger partial charge in [0, 0.05) is 6.42 Å². The van der Waals surface area contributed by atoms with Crippen molar-refractivity contribution in [2.45, 2.75) is 44.5 Å². The van der Waals surface area contributed by atoms with Crippen molar-refractivity contribution in [1.29, 1.82) is 0 Å². The van der Waals surface area contributed by atoms with Crippen LogP contribution in [-0.2, 0) is 23.6 Å². The van der Waals surface area contributed by atoms with E-state index >= 15 is 0 Å². The minimum Gasteiger partial charge on any atom is -0.489 e. The molecule has 0 aliphatic heterocycles. The Kier molecular flexibility index (Phi) is 6.85. The molecule has 9 heteroatoms. The average Bonchev–Trinajstić information content (AvgIpc) is 3.18. The summed E-state index contributed by atoms with van der Waals surface area (Å²) < 4.78 is 84.1. The lowest BCUT2D eigenvalue weighted by molar-refractivity contribution is -0.140. The lowest BCUT2D eigenvalue weighted by atomic mass is 10.0. The first kappa shape index (κ1) is 23.7. The molecule has 1 aliphatic carbocycles. The van der Waals surface area contributed by atoms with E-state index in [0.29, 0.717) is 18.4 Å². The summed E-state index contributed by atoms with van der Waals surface area (Å²) in [4.78, 5) is 10.7. The van der Waals surface area contributed by atoms with Crippen LogP contribution < -0.4 is 4.74 Å². The highest BCUT2D eigenvalue weighted by atomic mass is 19.4. The molecule has 1 aliphatic rings. The van der Waals surface area contributed by atoms with Gasteiger partial charge < -0.3 is 9.84 Å².